The SMILES string of the molecule is Cc1cc(NC2CCCCC2C)ccc1[N+](=O)[O-]. The number of nitrogens with one attached hydrogen (secondary N) is 1. The first kappa shape index (κ1) is 12.9. The predicted octanol–water partition coefficient (Wildman–Crippen LogP) is 3.89. The minimum Gasteiger partial charge on any atom is -0.382 e. The highest BCUT2D eigenvalue weighted by Gasteiger charge is 2.21. The van der Waals surface area contributed by atoms with Crippen molar-refractivity contribution in [2.45, 2.75) is 45.6 Å². The number of benzene rings is 1. The fourth-order valence-electron chi connectivity index (χ4n) is 2.69. The minimum absolute atomic E-state index is 0.192. The maximum Gasteiger partial charge on any atom is 0.272 e. The van der Waals surface area contributed by atoms with E-state index < -0.39 is 0 Å². The van der Waals surface area contributed by atoms with E-state index in [9.17, 15) is 10.1 Å². The third-order valence-corrected chi connectivity index (χ3v) is 3.86. The summed E-state index contributed by atoms with van der Waals surface area (Å²) >= 11 is 0. The number of nitro groups is 1. The van der Waals surface area contributed by atoms with Gasteiger partial charge in [0.2, 0.25) is 0 Å². The molecule has 0 heterocycles. The number of anilines is 1. The molecular formula is C14H20N2O2. The topological polar surface area (TPSA) is 55.2 Å². The highest BCUT2D eigenvalue weighted by atomic mass is 16.6. The first-order valence-corrected chi connectivity index (χ1v) is 6.59. The van der Waals surface area contributed by atoms with Crippen LogP contribution in [0.1, 0.15) is 38.2 Å². The summed E-state index contributed by atoms with van der Waals surface area (Å²) in [5.41, 5.74) is 1.91. The van der Waals surface area contributed by atoms with E-state index in [-0.39, 0.29) is 10.6 Å². The van der Waals surface area contributed by atoms with Crippen LogP contribution in [0, 0.1) is 23.0 Å². The van der Waals surface area contributed by atoms with Gasteiger partial charge in [-0.2, -0.15) is 0 Å². The molecule has 4 nitrogen and oxygen atoms in total. The molecule has 1 fully saturated rings. The molecule has 0 amide bonds. The van der Waals surface area contributed by atoms with Crippen LogP contribution >= 0.6 is 0 Å². The predicted molar refractivity (Wildman–Crippen MR) is 72.9 cm³/mol. The number of nitro benzene ring substituents is 1. The van der Waals surface area contributed by atoms with Gasteiger partial charge in [0.15, 0.2) is 0 Å². The molecule has 0 bridgehead atoms. The van der Waals surface area contributed by atoms with Gasteiger partial charge in [-0.1, -0.05) is 19.8 Å². The summed E-state index contributed by atoms with van der Waals surface area (Å²) in [6.07, 6.45) is 5.05. The molecule has 0 saturated heterocycles. The second-order valence-electron chi connectivity index (χ2n) is 5.27. The molecule has 1 aliphatic carbocycles. The lowest BCUT2D eigenvalue weighted by molar-refractivity contribution is -0.385. The van der Waals surface area contributed by atoms with Gasteiger partial charge in [-0.15, -0.1) is 0 Å². The third kappa shape index (κ3) is 2.81. The highest BCUT2D eigenvalue weighted by Crippen LogP contribution is 2.28. The number of nitrogens with zero attached hydrogens (tertiary/aromatic N) is 1. The Labute approximate surface area is 108 Å². The van der Waals surface area contributed by atoms with Crippen molar-refractivity contribution in [3.63, 3.8) is 0 Å². The maximum absolute atomic E-state index is 10.8. The van der Waals surface area contributed by atoms with Gasteiger partial charge in [0.05, 0.1) is 4.92 Å². The van der Waals surface area contributed by atoms with Crippen molar-refractivity contribution in [1.82, 2.24) is 0 Å². The van der Waals surface area contributed by atoms with E-state index in [2.05, 4.69) is 12.2 Å². The summed E-state index contributed by atoms with van der Waals surface area (Å²) in [5, 5.41) is 14.3. The molecule has 0 radical (unpaired) electrons. The maximum atomic E-state index is 10.8. The monoisotopic (exact) mass is 248 g/mol. The van der Waals surface area contributed by atoms with E-state index in [1.54, 1.807) is 13.0 Å². The van der Waals surface area contributed by atoms with Crippen molar-refractivity contribution in [3.05, 3.63) is 33.9 Å². The number of rotatable bonds is 3. The molecule has 2 rings (SSSR count). The summed E-state index contributed by atoms with van der Waals surface area (Å²) in [6.45, 7) is 4.06. The Bertz CT molecular complexity index is 445. The van der Waals surface area contributed by atoms with Gasteiger partial charge in [0, 0.05) is 23.4 Å². The summed E-state index contributed by atoms with van der Waals surface area (Å²) in [6, 6.07) is 5.77. The van der Waals surface area contributed by atoms with E-state index in [0.717, 1.165) is 5.69 Å². The average Bonchev–Trinajstić information content (AvgIpc) is 2.32. The van der Waals surface area contributed by atoms with Gasteiger partial charge in [-0.05, 0) is 37.8 Å². The molecule has 98 valence electrons. The van der Waals surface area contributed by atoms with Crippen molar-refractivity contribution in [2.75, 3.05) is 5.32 Å². The zero-order valence-corrected chi connectivity index (χ0v) is 11.0. The smallest absolute Gasteiger partial charge is 0.272 e. The Balaban J connectivity index is 2.10. The van der Waals surface area contributed by atoms with E-state index in [1.165, 1.54) is 25.7 Å². The van der Waals surface area contributed by atoms with E-state index in [4.69, 9.17) is 0 Å². The van der Waals surface area contributed by atoms with Crippen molar-refractivity contribution in [3.8, 4) is 0 Å². The van der Waals surface area contributed by atoms with E-state index in [1.807, 2.05) is 12.1 Å². The first-order chi connectivity index (χ1) is 8.58. The Morgan fingerprint density at radius 3 is 2.67 bits per heavy atom. The lowest BCUT2D eigenvalue weighted by Crippen LogP contribution is -2.30. The van der Waals surface area contributed by atoms with Crippen LogP contribution in [0.15, 0.2) is 18.2 Å². The van der Waals surface area contributed by atoms with Crippen LogP contribution in [-0.4, -0.2) is 11.0 Å². The van der Waals surface area contributed by atoms with Gasteiger partial charge >= 0.3 is 0 Å². The Morgan fingerprint density at radius 2 is 2.06 bits per heavy atom. The minimum atomic E-state index is -0.331. The van der Waals surface area contributed by atoms with Gasteiger partial charge in [-0.3, -0.25) is 10.1 Å². The molecule has 4 heteroatoms. The van der Waals surface area contributed by atoms with Crippen LogP contribution in [-0.2, 0) is 0 Å². The van der Waals surface area contributed by atoms with Crippen LogP contribution in [0.25, 0.3) is 0 Å². The summed E-state index contributed by atoms with van der Waals surface area (Å²) in [7, 11) is 0. The van der Waals surface area contributed by atoms with Gasteiger partial charge < -0.3 is 5.32 Å². The Hall–Kier alpha value is -1.58. The largest absolute Gasteiger partial charge is 0.382 e. The normalized spacial score (nSPS) is 23.7. The fraction of sp³-hybridized carbons (Fsp3) is 0.571. The summed E-state index contributed by atoms with van der Waals surface area (Å²) in [4.78, 5) is 10.4. The van der Waals surface area contributed by atoms with Crippen molar-refractivity contribution in [1.29, 1.82) is 0 Å². The van der Waals surface area contributed by atoms with Crippen LogP contribution < -0.4 is 5.32 Å². The number of hydrogen-bond acceptors (Lipinski definition) is 3. The second kappa shape index (κ2) is 5.38. The summed E-state index contributed by atoms with van der Waals surface area (Å²) in [5.74, 6) is 0.675. The molecule has 1 N–H and O–H groups in total. The molecule has 2 unspecified atom stereocenters. The molecule has 1 aliphatic rings. The lowest BCUT2D eigenvalue weighted by atomic mass is 9.86. The van der Waals surface area contributed by atoms with Gasteiger partial charge in [0.25, 0.3) is 5.69 Å². The van der Waals surface area contributed by atoms with Crippen molar-refractivity contribution in [2.24, 2.45) is 5.92 Å². The Morgan fingerprint density at radius 1 is 1.33 bits per heavy atom. The zero-order chi connectivity index (χ0) is 13.1. The number of hydrogen-bond donors (Lipinski definition) is 1. The second-order valence-corrected chi connectivity index (χ2v) is 5.27. The summed E-state index contributed by atoms with van der Waals surface area (Å²) < 4.78 is 0. The molecule has 1 saturated carbocycles. The molecule has 18 heavy (non-hydrogen) atoms. The van der Waals surface area contributed by atoms with E-state index >= 15 is 0 Å². The van der Waals surface area contributed by atoms with Crippen molar-refractivity contribution >= 4 is 11.4 Å². The van der Waals surface area contributed by atoms with Crippen LogP contribution in [0.3, 0.4) is 0 Å². The number of aryl methyl sites for hydroxylation is 1. The molecule has 1 aromatic carbocycles. The van der Waals surface area contributed by atoms with E-state index in [0.29, 0.717) is 17.5 Å². The Kier molecular flexibility index (Phi) is 3.84. The van der Waals surface area contributed by atoms with Gasteiger partial charge in [-0.25, -0.2) is 0 Å². The average molecular weight is 248 g/mol. The molecule has 1 aromatic rings. The standard InChI is InChI=1S/C14H20N2O2/c1-10-5-3-4-6-13(10)15-12-7-8-14(16(17)18)11(2)9-12/h7-10,13,15H,3-6H2,1-2H3. The molecule has 0 aliphatic heterocycles. The molecular weight excluding hydrogens is 228 g/mol. The quantitative estimate of drug-likeness (QED) is 0.652. The van der Waals surface area contributed by atoms with Crippen LogP contribution in [0.4, 0.5) is 11.4 Å². The highest BCUT2D eigenvalue weighted by molar-refractivity contribution is 5.54. The lowest BCUT2D eigenvalue weighted by Gasteiger charge is -2.30. The van der Waals surface area contributed by atoms with Crippen LogP contribution in [0.2, 0.25) is 0 Å². The molecule has 2 atom stereocenters. The molecule has 0 spiro atoms. The zero-order valence-electron chi connectivity index (χ0n) is 11.0. The molecule has 0 aromatic heterocycles. The fourth-order valence-corrected chi connectivity index (χ4v) is 2.69. The first-order valence-electron chi connectivity index (χ1n) is 6.59. The third-order valence-electron chi connectivity index (χ3n) is 3.86. The van der Waals surface area contributed by atoms with Crippen LogP contribution in [0.5, 0.6) is 0 Å². The van der Waals surface area contributed by atoms with Gasteiger partial charge in [0.1, 0.15) is 0 Å². The van der Waals surface area contributed by atoms with Crippen molar-refractivity contribution < 1.29 is 4.92 Å².